The maximum Gasteiger partial charge on any atom is 0.502 e. The summed E-state index contributed by atoms with van der Waals surface area (Å²) in [6.07, 6.45) is 0. The molecular weight excluding hydrogens is 525 g/mol. The summed E-state index contributed by atoms with van der Waals surface area (Å²) in [6.45, 7) is -4.80. The Morgan fingerprint density at radius 1 is 0.500 bits per heavy atom. The van der Waals surface area contributed by atoms with Crippen LogP contribution in [-0.2, 0) is 19.7 Å². The first kappa shape index (κ1) is 26.1. The van der Waals surface area contributed by atoms with Crippen LogP contribution in [0.1, 0.15) is 0 Å². The molecule has 0 radical (unpaired) electrons. The topological polar surface area (TPSA) is 68.3 Å². The van der Waals surface area contributed by atoms with Crippen molar-refractivity contribution in [3.05, 3.63) is 91.0 Å². The first-order valence-corrected chi connectivity index (χ1v) is 14.0. The van der Waals surface area contributed by atoms with Gasteiger partial charge in [0.25, 0.3) is 19.7 Å². The van der Waals surface area contributed by atoms with E-state index in [1.165, 1.54) is 54.6 Å². The van der Waals surface area contributed by atoms with Crippen molar-refractivity contribution in [2.75, 3.05) is 0 Å². The van der Waals surface area contributed by atoms with Gasteiger partial charge in [0.05, 0.1) is 0 Å². The monoisotopic (exact) mass is 540 g/mol. The van der Waals surface area contributed by atoms with Crippen molar-refractivity contribution in [2.45, 2.75) is 11.0 Å². The van der Waals surface area contributed by atoms with Crippen LogP contribution in [0.5, 0.6) is 0 Å². The SMILES string of the molecule is O=S(=O)(C(=P(c1ccccc1)(c1ccccc1)c1ccccc1)S(=O)(=O)C(F)(F)F)C(F)(F)F. The molecule has 0 atom stereocenters. The van der Waals surface area contributed by atoms with Gasteiger partial charge in [0.1, 0.15) is 0 Å². The van der Waals surface area contributed by atoms with Crippen LogP contribution in [0.25, 0.3) is 0 Å². The molecule has 0 aliphatic carbocycles. The number of alkyl halides is 6. The molecule has 3 aromatic carbocycles. The fourth-order valence-corrected chi connectivity index (χ4v) is 14.3. The number of sulfone groups is 2. The summed E-state index contributed by atoms with van der Waals surface area (Å²) in [4.78, 5) is 0. The van der Waals surface area contributed by atoms with Crippen LogP contribution in [-0.4, -0.2) is 31.8 Å². The first-order valence-electron chi connectivity index (χ1n) is 9.24. The quantitative estimate of drug-likeness (QED) is 0.363. The normalized spacial score (nSPS) is 13.5. The average molecular weight is 540 g/mol. The largest absolute Gasteiger partial charge is 0.502 e. The van der Waals surface area contributed by atoms with E-state index in [1.807, 2.05) is 0 Å². The van der Waals surface area contributed by atoms with E-state index in [-0.39, 0.29) is 15.9 Å². The van der Waals surface area contributed by atoms with Crippen molar-refractivity contribution in [1.29, 1.82) is 0 Å². The van der Waals surface area contributed by atoms with Gasteiger partial charge in [-0.2, -0.15) is 26.3 Å². The van der Waals surface area contributed by atoms with Crippen LogP contribution in [0.3, 0.4) is 0 Å². The Kier molecular flexibility index (Phi) is 6.82. The molecule has 34 heavy (non-hydrogen) atoms. The van der Waals surface area contributed by atoms with Gasteiger partial charge in [-0.3, -0.25) is 0 Å². The van der Waals surface area contributed by atoms with Gasteiger partial charge in [-0.15, -0.1) is 0 Å². The third-order valence-corrected chi connectivity index (χ3v) is 15.1. The van der Waals surface area contributed by atoms with Crippen LogP contribution in [0, 0.1) is 0 Å². The van der Waals surface area contributed by atoms with Gasteiger partial charge in [0.15, 0.2) is 3.96 Å². The van der Waals surface area contributed by atoms with Crippen LogP contribution < -0.4 is 15.9 Å². The fourth-order valence-electron chi connectivity index (χ4n) is 3.42. The van der Waals surface area contributed by atoms with E-state index in [9.17, 15) is 43.2 Å². The molecule has 3 aromatic rings. The minimum atomic E-state index is -7.02. The molecule has 0 N–H and O–H groups in total. The summed E-state index contributed by atoms with van der Waals surface area (Å²) < 4.78 is 132. The van der Waals surface area contributed by atoms with Crippen LogP contribution in [0.2, 0.25) is 0 Å². The molecule has 0 aliphatic heterocycles. The standard InChI is InChI=1S/C21H15F6O4PS2/c22-20(23,24)33(28,29)19(34(30,31)21(25,26)27)32(16-10-4-1-5-11-16,17-12-6-2-7-13-17)18-14-8-3-9-15-18/h1-15H. The smallest absolute Gasteiger partial charge is 0.214 e. The maximum absolute atomic E-state index is 13.9. The van der Waals surface area contributed by atoms with Gasteiger partial charge in [0.2, 0.25) is 0 Å². The van der Waals surface area contributed by atoms with E-state index in [0.717, 1.165) is 36.4 Å². The summed E-state index contributed by atoms with van der Waals surface area (Å²) in [6, 6.07) is 18.6. The molecule has 0 amide bonds. The van der Waals surface area contributed by atoms with E-state index in [1.54, 1.807) is 0 Å². The number of halogens is 6. The van der Waals surface area contributed by atoms with Gasteiger partial charge < -0.3 is 0 Å². The number of hydrogen-bond acceptors (Lipinski definition) is 4. The highest BCUT2D eigenvalue weighted by molar-refractivity contribution is 8.42. The molecule has 0 bridgehead atoms. The Balaban J connectivity index is 2.90. The van der Waals surface area contributed by atoms with Crippen LogP contribution in [0.15, 0.2) is 91.0 Å². The van der Waals surface area contributed by atoms with Gasteiger partial charge in [-0.1, -0.05) is 91.0 Å². The zero-order valence-corrected chi connectivity index (χ0v) is 19.4. The van der Waals surface area contributed by atoms with Gasteiger partial charge in [-0.25, -0.2) is 16.8 Å². The molecule has 0 saturated heterocycles. The lowest BCUT2D eigenvalue weighted by Crippen LogP contribution is -2.46. The third kappa shape index (κ3) is 4.18. The van der Waals surface area contributed by atoms with E-state index in [4.69, 9.17) is 0 Å². The Morgan fingerprint density at radius 2 is 0.735 bits per heavy atom. The van der Waals surface area contributed by atoms with E-state index < -0.39 is 41.5 Å². The lowest BCUT2D eigenvalue weighted by atomic mass is 10.4. The number of benzene rings is 3. The van der Waals surface area contributed by atoms with E-state index in [0.29, 0.717) is 0 Å². The minimum absolute atomic E-state index is 0.317. The van der Waals surface area contributed by atoms with Gasteiger partial charge in [0, 0.05) is 6.89 Å². The van der Waals surface area contributed by atoms with Gasteiger partial charge >= 0.3 is 11.0 Å². The van der Waals surface area contributed by atoms with Crippen LogP contribution in [0.4, 0.5) is 26.3 Å². The molecule has 0 unspecified atom stereocenters. The average Bonchev–Trinajstić information content (AvgIpc) is 2.77. The molecular formula is C21H15F6O4PS2. The predicted molar refractivity (Wildman–Crippen MR) is 120 cm³/mol. The molecule has 0 heterocycles. The highest BCUT2D eigenvalue weighted by Gasteiger charge is 2.63. The third-order valence-electron chi connectivity index (χ3n) is 4.77. The van der Waals surface area contributed by atoms with E-state index in [2.05, 4.69) is 0 Å². The summed E-state index contributed by atoms with van der Waals surface area (Å²) >= 11 is 0. The van der Waals surface area contributed by atoms with Crippen molar-refractivity contribution in [3.63, 3.8) is 0 Å². The minimum Gasteiger partial charge on any atom is -0.214 e. The van der Waals surface area contributed by atoms with Crippen molar-refractivity contribution < 1.29 is 43.2 Å². The second kappa shape index (κ2) is 8.90. The Bertz CT molecular complexity index is 1280. The molecule has 0 fully saturated rings. The molecule has 0 spiro atoms. The first-order chi connectivity index (χ1) is 15.7. The summed E-state index contributed by atoms with van der Waals surface area (Å²) in [5, 5.41) is -0.950. The molecule has 13 heteroatoms. The van der Waals surface area contributed by atoms with Gasteiger partial charge in [-0.05, 0) is 15.9 Å². The van der Waals surface area contributed by atoms with Crippen molar-refractivity contribution in [2.24, 2.45) is 0 Å². The predicted octanol–water partition coefficient (Wildman–Crippen LogP) is 3.94. The molecule has 4 nitrogen and oxygen atoms in total. The fraction of sp³-hybridized carbons (Fsp3) is 0.0952. The lowest BCUT2D eigenvalue weighted by Gasteiger charge is -2.32. The molecule has 182 valence electrons. The Hall–Kier alpha value is -2.56. The number of hydrogen-bond donors (Lipinski definition) is 0. The maximum atomic E-state index is 13.9. The highest BCUT2D eigenvalue weighted by atomic mass is 32.3. The van der Waals surface area contributed by atoms with Crippen LogP contribution >= 0.6 is 6.89 Å². The molecule has 0 saturated carbocycles. The van der Waals surface area contributed by atoms with Crippen molar-refractivity contribution in [3.8, 4) is 0 Å². The highest BCUT2D eigenvalue weighted by Crippen LogP contribution is 2.52. The lowest BCUT2D eigenvalue weighted by molar-refractivity contribution is -0.0426. The molecule has 0 aromatic heterocycles. The number of rotatable bonds is 5. The molecule has 0 aliphatic rings. The van der Waals surface area contributed by atoms with Crippen molar-refractivity contribution >= 4 is 46.4 Å². The molecule has 3 rings (SSSR count). The van der Waals surface area contributed by atoms with Crippen molar-refractivity contribution in [1.82, 2.24) is 0 Å². The summed E-state index contributed by atoms with van der Waals surface area (Å²) in [5.74, 6) is 0. The Morgan fingerprint density at radius 3 is 0.941 bits per heavy atom. The zero-order chi connectivity index (χ0) is 25.4. The summed E-state index contributed by atoms with van der Waals surface area (Å²) in [7, 11) is -14.0. The van der Waals surface area contributed by atoms with E-state index >= 15 is 0 Å². The zero-order valence-electron chi connectivity index (χ0n) is 16.8. The second-order valence-corrected chi connectivity index (χ2v) is 14.8. The second-order valence-electron chi connectivity index (χ2n) is 6.84. The summed E-state index contributed by atoms with van der Waals surface area (Å²) in [5.41, 5.74) is -12.7. The Labute approximate surface area is 191 Å².